The molecular weight excluding hydrogens is 704 g/mol. The molecule has 4 amide bonds. The van der Waals surface area contributed by atoms with E-state index in [0.717, 1.165) is 61.4 Å². The van der Waals surface area contributed by atoms with Gasteiger partial charge in [0.2, 0.25) is 17.7 Å². The maximum atomic E-state index is 13.7. The third-order valence-electron chi connectivity index (χ3n) is 10.0. The van der Waals surface area contributed by atoms with Crippen molar-refractivity contribution in [3.05, 3.63) is 34.3 Å². The predicted octanol–water partition coefficient (Wildman–Crippen LogP) is 6.31. The van der Waals surface area contributed by atoms with E-state index in [1.807, 2.05) is 38.1 Å². The topological polar surface area (TPSA) is 152 Å². The Morgan fingerprint density at radius 1 is 0.740 bits per heavy atom. The van der Waals surface area contributed by atoms with Crippen LogP contribution >= 0.6 is 15.9 Å². The van der Waals surface area contributed by atoms with E-state index in [1.54, 1.807) is 34.6 Å². The van der Waals surface area contributed by atoms with Gasteiger partial charge in [-0.2, -0.15) is 0 Å². The Hall–Kier alpha value is -3.15. The van der Waals surface area contributed by atoms with Crippen LogP contribution in [-0.4, -0.2) is 59.6 Å². The smallest absolute Gasteiger partial charge is 0.408 e. The van der Waals surface area contributed by atoms with Crippen molar-refractivity contribution in [2.75, 3.05) is 0 Å². The molecule has 0 heterocycles. The highest BCUT2D eigenvalue weighted by molar-refractivity contribution is 9.10. The predicted molar refractivity (Wildman–Crippen MR) is 196 cm³/mol. The first kappa shape index (κ1) is 41.3. The number of esters is 1. The van der Waals surface area contributed by atoms with Crippen LogP contribution < -0.4 is 21.3 Å². The fourth-order valence-corrected chi connectivity index (χ4v) is 7.63. The summed E-state index contributed by atoms with van der Waals surface area (Å²) in [7, 11) is 0. The van der Waals surface area contributed by atoms with Crippen molar-refractivity contribution in [3.63, 3.8) is 0 Å². The largest absolute Gasteiger partial charge is 0.461 e. The van der Waals surface area contributed by atoms with Crippen LogP contribution in [-0.2, 0) is 35.3 Å². The number of carbonyl (C=O) groups excluding carboxylic acids is 5. The summed E-state index contributed by atoms with van der Waals surface area (Å²) in [6.07, 6.45) is 7.35. The van der Waals surface area contributed by atoms with Gasteiger partial charge in [-0.1, -0.05) is 67.6 Å². The second-order valence-corrected chi connectivity index (χ2v) is 15.9. The molecule has 280 valence electrons. The Kier molecular flexibility index (Phi) is 16.1. The van der Waals surface area contributed by atoms with Gasteiger partial charge in [0.25, 0.3) is 0 Å². The number of amides is 4. The van der Waals surface area contributed by atoms with E-state index in [2.05, 4.69) is 37.2 Å². The summed E-state index contributed by atoms with van der Waals surface area (Å²) in [5.41, 5.74) is 0.224. The van der Waals surface area contributed by atoms with Crippen molar-refractivity contribution in [1.29, 1.82) is 0 Å². The Labute approximate surface area is 306 Å². The minimum atomic E-state index is -0.811. The molecule has 0 unspecified atom stereocenters. The number of alkyl carbamates (subject to hydrolysis) is 1. The van der Waals surface area contributed by atoms with Gasteiger partial charge in [0.1, 0.15) is 24.3 Å². The monoisotopic (exact) mass is 762 g/mol. The molecule has 50 heavy (non-hydrogen) atoms. The van der Waals surface area contributed by atoms with E-state index < -0.39 is 29.7 Å². The van der Waals surface area contributed by atoms with Crippen LogP contribution in [0.1, 0.15) is 118 Å². The zero-order valence-electron chi connectivity index (χ0n) is 30.9. The van der Waals surface area contributed by atoms with Crippen LogP contribution in [0, 0.1) is 23.7 Å². The fourth-order valence-electron chi connectivity index (χ4n) is 7.36. The van der Waals surface area contributed by atoms with Gasteiger partial charge in [-0.15, -0.1) is 0 Å². The lowest BCUT2D eigenvalue weighted by Crippen LogP contribution is -2.55. The van der Waals surface area contributed by atoms with Gasteiger partial charge in [-0.05, 0) is 103 Å². The number of hydrogen-bond donors (Lipinski definition) is 4. The van der Waals surface area contributed by atoms with E-state index in [0.29, 0.717) is 12.8 Å². The summed E-state index contributed by atoms with van der Waals surface area (Å²) in [4.78, 5) is 65.8. The highest BCUT2D eigenvalue weighted by atomic mass is 79.9. The van der Waals surface area contributed by atoms with Gasteiger partial charge in [0, 0.05) is 22.5 Å². The van der Waals surface area contributed by atoms with Gasteiger partial charge in [0.05, 0.1) is 5.92 Å². The minimum absolute atomic E-state index is 0.0554. The summed E-state index contributed by atoms with van der Waals surface area (Å²) in [6.45, 7) is 12.7. The van der Waals surface area contributed by atoms with Crippen LogP contribution in [0.2, 0.25) is 0 Å². The number of hydrogen-bond acceptors (Lipinski definition) is 7. The number of ether oxygens (including phenoxy) is 2. The molecule has 11 nitrogen and oxygen atoms in total. The maximum absolute atomic E-state index is 13.7. The lowest BCUT2D eigenvalue weighted by atomic mass is 9.74. The van der Waals surface area contributed by atoms with Crippen LogP contribution in [0.3, 0.4) is 0 Å². The molecule has 0 spiro atoms. The van der Waals surface area contributed by atoms with Crippen LogP contribution in [0.5, 0.6) is 0 Å². The van der Waals surface area contributed by atoms with Crippen LogP contribution in [0.4, 0.5) is 4.79 Å². The molecule has 0 radical (unpaired) electrons. The molecule has 2 aliphatic carbocycles. The second kappa shape index (κ2) is 19.5. The normalized spacial score (nSPS) is 23.3. The molecule has 2 aliphatic rings. The Morgan fingerprint density at radius 2 is 1.22 bits per heavy atom. The molecule has 8 atom stereocenters. The highest BCUT2D eigenvalue weighted by Crippen LogP contribution is 2.34. The van der Waals surface area contributed by atoms with Crippen LogP contribution in [0.15, 0.2) is 28.7 Å². The van der Waals surface area contributed by atoms with E-state index in [9.17, 15) is 24.0 Å². The van der Waals surface area contributed by atoms with E-state index in [1.165, 1.54) is 0 Å². The molecule has 0 aromatic heterocycles. The third-order valence-corrected chi connectivity index (χ3v) is 10.5. The van der Waals surface area contributed by atoms with E-state index in [-0.39, 0.29) is 60.1 Å². The Bertz CT molecular complexity index is 1300. The molecule has 2 saturated carbocycles. The summed E-state index contributed by atoms with van der Waals surface area (Å²) in [5.74, 6) is -2.00. The van der Waals surface area contributed by atoms with E-state index in [4.69, 9.17) is 9.47 Å². The second-order valence-electron chi connectivity index (χ2n) is 15.0. The molecule has 0 bridgehead atoms. The van der Waals surface area contributed by atoms with Gasteiger partial charge >= 0.3 is 12.1 Å². The first-order chi connectivity index (χ1) is 23.6. The SMILES string of the molecule is CC[C@@H](C(=O)N[C@H](C)C(=O)N[C@H]1CCCC[C@@H]1[C@@H](CC)C(=O)OCc1ccc(Br)cc1)[C@H]1CCCC[C@@H]1NC(=O)[C@@H](C)NC(=O)OC(C)(C)C. The maximum Gasteiger partial charge on any atom is 0.408 e. The summed E-state index contributed by atoms with van der Waals surface area (Å²) in [5, 5.41) is 11.8. The molecule has 1 aromatic rings. The van der Waals surface area contributed by atoms with Gasteiger partial charge in [-0.25, -0.2) is 4.79 Å². The zero-order valence-corrected chi connectivity index (χ0v) is 32.5. The number of rotatable bonds is 14. The average molecular weight is 764 g/mol. The standard InChI is InChI=1S/C38H59BrN4O7/c1-8-27(29-14-10-12-16-31(29)42-34(45)24(4)41-37(48)50-38(5,6)7)35(46)40-23(3)33(44)43-32-17-13-11-15-30(32)28(9-2)36(47)49-22-25-18-20-26(39)21-19-25/h18-21,23-24,27-32H,8-17,22H2,1-7H3,(H,40,46)(H,41,48)(H,42,45)(H,43,44)/t23-,24-,27-,28-,29-,30-,31+,32+/m1/s1. The third kappa shape index (κ3) is 12.6. The lowest BCUT2D eigenvalue weighted by Gasteiger charge is -2.38. The Morgan fingerprint density at radius 3 is 1.72 bits per heavy atom. The zero-order chi connectivity index (χ0) is 37.0. The molecule has 4 N–H and O–H groups in total. The van der Waals surface area contributed by atoms with Crippen molar-refractivity contribution in [2.24, 2.45) is 23.7 Å². The molecule has 12 heteroatoms. The van der Waals surface area contributed by atoms with Gasteiger partial charge < -0.3 is 30.7 Å². The van der Waals surface area contributed by atoms with Crippen molar-refractivity contribution in [3.8, 4) is 0 Å². The van der Waals surface area contributed by atoms with Gasteiger partial charge in [0.15, 0.2) is 0 Å². The molecule has 0 aliphatic heterocycles. The summed E-state index contributed by atoms with van der Waals surface area (Å²) < 4.78 is 12.0. The van der Waals surface area contributed by atoms with E-state index >= 15 is 0 Å². The summed E-state index contributed by atoms with van der Waals surface area (Å²) in [6, 6.07) is 5.63. The molecule has 1 aromatic carbocycles. The van der Waals surface area contributed by atoms with Crippen molar-refractivity contribution >= 4 is 45.7 Å². The number of nitrogens with one attached hydrogen (secondary N) is 4. The number of benzene rings is 1. The van der Waals surface area contributed by atoms with Crippen molar-refractivity contribution in [2.45, 2.75) is 149 Å². The van der Waals surface area contributed by atoms with Crippen LogP contribution in [0.25, 0.3) is 0 Å². The number of halogens is 1. The lowest BCUT2D eigenvalue weighted by molar-refractivity contribution is -0.153. The first-order valence-corrected chi connectivity index (χ1v) is 19.2. The Balaban J connectivity index is 1.58. The van der Waals surface area contributed by atoms with Crippen molar-refractivity contribution < 1.29 is 33.4 Å². The average Bonchev–Trinajstić information content (AvgIpc) is 3.05. The highest BCUT2D eigenvalue weighted by Gasteiger charge is 2.39. The van der Waals surface area contributed by atoms with Crippen molar-refractivity contribution in [1.82, 2.24) is 21.3 Å². The minimum Gasteiger partial charge on any atom is -0.461 e. The fraction of sp³-hybridized carbons (Fsp3) is 0.711. The molecule has 3 rings (SSSR count). The van der Waals surface area contributed by atoms with Gasteiger partial charge in [-0.3, -0.25) is 19.2 Å². The number of carbonyl (C=O) groups is 5. The molecular formula is C38H59BrN4O7. The molecule has 2 fully saturated rings. The first-order valence-electron chi connectivity index (χ1n) is 18.4. The molecule has 0 saturated heterocycles. The summed E-state index contributed by atoms with van der Waals surface area (Å²) >= 11 is 3.42. The quantitative estimate of drug-likeness (QED) is 0.162.